The zero-order valence-corrected chi connectivity index (χ0v) is 10.3. The highest BCUT2D eigenvalue weighted by Crippen LogP contribution is 2.26. The van der Waals surface area contributed by atoms with Crippen molar-refractivity contribution in [3.63, 3.8) is 0 Å². The molecular weight excluding hydrogens is 198 g/mol. The van der Waals surface area contributed by atoms with Crippen LogP contribution in [0.2, 0.25) is 0 Å². The van der Waals surface area contributed by atoms with Gasteiger partial charge in [0.05, 0.1) is 6.61 Å². The summed E-state index contributed by atoms with van der Waals surface area (Å²) in [6.45, 7) is 6.31. The van der Waals surface area contributed by atoms with Gasteiger partial charge in [0.15, 0.2) is 0 Å². The van der Waals surface area contributed by atoms with Gasteiger partial charge in [0.1, 0.15) is 5.75 Å². The Morgan fingerprint density at radius 2 is 2.31 bits per heavy atom. The molecule has 1 N–H and O–H groups in total. The molecule has 88 valence electrons. The van der Waals surface area contributed by atoms with Crippen molar-refractivity contribution in [1.29, 1.82) is 0 Å². The molecule has 0 radical (unpaired) electrons. The minimum atomic E-state index is 0.606. The van der Waals surface area contributed by atoms with E-state index in [-0.39, 0.29) is 0 Å². The average Bonchev–Trinajstić information content (AvgIpc) is 2.74. The van der Waals surface area contributed by atoms with Crippen LogP contribution in [0.1, 0.15) is 31.4 Å². The molecule has 1 unspecified atom stereocenters. The average molecular weight is 219 g/mol. The molecule has 0 saturated carbocycles. The van der Waals surface area contributed by atoms with Crippen LogP contribution < -0.4 is 10.1 Å². The molecule has 1 aromatic carbocycles. The van der Waals surface area contributed by atoms with Gasteiger partial charge in [-0.2, -0.15) is 0 Å². The quantitative estimate of drug-likeness (QED) is 0.821. The van der Waals surface area contributed by atoms with Gasteiger partial charge in [-0.15, -0.1) is 0 Å². The number of nitrogens with one attached hydrogen (secondary N) is 1. The van der Waals surface area contributed by atoms with Gasteiger partial charge in [0.25, 0.3) is 0 Å². The van der Waals surface area contributed by atoms with Crippen molar-refractivity contribution < 1.29 is 4.74 Å². The van der Waals surface area contributed by atoms with Crippen molar-refractivity contribution in [3.05, 3.63) is 29.3 Å². The summed E-state index contributed by atoms with van der Waals surface area (Å²) in [4.78, 5) is 0. The Balaban J connectivity index is 1.90. The smallest absolute Gasteiger partial charge is 0.122 e. The van der Waals surface area contributed by atoms with Crippen LogP contribution in [-0.2, 0) is 12.8 Å². The fourth-order valence-electron chi connectivity index (χ4n) is 2.23. The fourth-order valence-corrected chi connectivity index (χ4v) is 2.23. The third-order valence-electron chi connectivity index (χ3n) is 3.17. The SMILES string of the molecule is CCNC(C)CCc1ccc2c(c1)CCO2. The molecule has 2 nitrogen and oxygen atoms in total. The highest BCUT2D eigenvalue weighted by molar-refractivity contribution is 5.39. The Labute approximate surface area is 98.0 Å². The lowest BCUT2D eigenvalue weighted by Crippen LogP contribution is -2.25. The molecule has 0 saturated heterocycles. The van der Waals surface area contributed by atoms with Crippen molar-refractivity contribution in [2.24, 2.45) is 0 Å². The predicted molar refractivity (Wildman–Crippen MR) is 67.1 cm³/mol. The second-order valence-electron chi connectivity index (χ2n) is 4.54. The van der Waals surface area contributed by atoms with Crippen molar-refractivity contribution in [2.75, 3.05) is 13.2 Å². The van der Waals surface area contributed by atoms with E-state index in [1.54, 1.807) is 0 Å². The Bertz CT molecular complexity index is 349. The summed E-state index contributed by atoms with van der Waals surface area (Å²) in [6, 6.07) is 7.23. The third kappa shape index (κ3) is 2.76. The summed E-state index contributed by atoms with van der Waals surface area (Å²) in [5, 5.41) is 3.44. The summed E-state index contributed by atoms with van der Waals surface area (Å²) >= 11 is 0. The van der Waals surface area contributed by atoms with Gasteiger partial charge in [0, 0.05) is 12.5 Å². The van der Waals surface area contributed by atoms with Crippen molar-refractivity contribution >= 4 is 0 Å². The number of hydrogen-bond donors (Lipinski definition) is 1. The number of aryl methyl sites for hydroxylation is 1. The molecule has 0 spiro atoms. The molecule has 1 aromatic rings. The van der Waals surface area contributed by atoms with Gasteiger partial charge in [-0.1, -0.05) is 19.1 Å². The zero-order valence-electron chi connectivity index (χ0n) is 10.3. The molecular formula is C14H21NO. The topological polar surface area (TPSA) is 21.3 Å². The minimum Gasteiger partial charge on any atom is -0.493 e. The van der Waals surface area contributed by atoms with Crippen LogP contribution >= 0.6 is 0 Å². The molecule has 16 heavy (non-hydrogen) atoms. The Kier molecular flexibility index (Phi) is 3.83. The highest BCUT2D eigenvalue weighted by atomic mass is 16.5. The van der Waals surface area contributed by atoms with Gasteiger partial charge >= 0.3 is 0 Å². The van der Waals surface area contributed by atoms with E-state index in [0.29, 0.717) is 6.04 Å². The summed E-state index contributed by atoms with van der Waals surface area (Å²) < 4.78 is 5.51. The maximum atomic E-state index is 5.51. The number of hydrogen-bond acceptors (Lipinski definition) is 2. The molecule has 2 rings (SSSR count). The molecule has 0 aliphatic carbocycles. The molecule has 0 amide bonds. The summed E-state index contributed by atoms with van der Waals surface area (Å²) in [5.74, 6) is 1.09. The Morgan fingerprint density at radius 1 is 1.44 bits per heavy atom. The van der Waals surface area contributed by atoms with E-state index in [0.717, 1.165) is 31.7 Å². The number of ether oxygens (including phenoxy) is 1. The number of rotatable bonds is 5. The summed E-state index contributed by atoms with van der Waals surface area (Å²) in [5.41, 5.74) is 2.82. The summed E-state index contributed by atoms with van der Waals surface area (Å²) in [6.07, 6.45) is 3.43. The van der Waals surface area contributed by atoms with Crippen molar-refractivity contribution in [1.82, 2.24) is 5.32 Å². The van der Waals surface area contributed by atoms with Crippen LogP contribution in [0.4, 0.5) is 0 Å². The normalized spacial score (nSPS) is 15.6. The third-order valence-corrected chi connectivity index (χ3v) is 3.17. The largest absolute Gasteiger partial charge is 0.493 e. The van der Waals surface area contributed by atoms with E-state index in [9.17, 15) is 0 Å². The lowest BCUT2D eigenvalue weighted by Gasteiger charge is -2.12. The fraction of sp³-hybridized carbons (Fsp3) is 0.571. The lowest BCUT2D eigenvalue weighted by molar-refractivity contribution is 0.357. The Hall–Kier alpha value is -1.02. The number of fused-ring (bicyclic) bond motifs is 1. The molecule has 1 heterocycles. The maximum absolute atomic E-state index is 5.51. The first-order valence-electron chi connectivity index (χ1n) is 6.27. The van der Waals surface area contributed by atoms with Crippen LogP contribution in [0.15, 0.2) is 18.2 Å². The molecule has 1 aliphatic rings. The highest BCUT2D eigenvalue weighted by Gasteiger charge is 2.12. The monoisotopic (exact) mass is 219 g/mol. The number of benzene rings is 1. The van der Waals surface area contributed by atoms with Crippen LogP contribution in [0.5, 0.6) is 5.75 Å². The van der Waals surface area contributed by atoms with Crippen LogP contribution in [0.25, 0.3) is 0 Å². The van der Waals surface area contributed by atoms with Gasteiger partial charge in [-0.05, 0) is 43.5 Å². The van der Waals surface area contributed by atoms with E-state index in [1.807, 2.05) is 0 Å². The Morgan fingerprint density at radius 3 is 3.12 bits per heavy atom. The first-order valence-corrected chi connectivity index (χ1v) is 6.27. The van der Waals surface area contributed by atoms with E-state index in [2.05, 4.69) is 37.4 Å². The minimum absolute atomic E-state index is 0.606. The van der Waals surface area contributed by atoms with Gasteiger partial charge in [-0.25, -0.2) is 0 Å². The van der Waals surface area contributed by atoms with Crippen LogP contribution in [0, 0.1) is 0 Å². The van der Waals surface area contributed by atoms with Crippen molar-refractivity contribution in [2.45, 2.75) is 39.2 Å². The van der Waals surface area contributed by atoms with Gasteiger partial charge in [-0.3, -0.25) is 0 Å². The van der Waals surface area contributed by atoms with Crippen LogP contribution in [0.3, 0.4) is 0 Å². The standard InChI is InChI=1S/C14H21NO/c1-3-15-11(2)4-5-12-6-7-14-13(10-12)8-9-16-14/h6-7,10-11,15H,3-5,8-9H2,1-2H3. The van der Waals surface area contributed by atoms with E-state index in [1.165, 1.54) is 17.5 Å². The molecule has 1 aliphatic heterocycles. The first-order chi connectivity index (χ1) is 7.79. The predicted octanol–water partition coefficient (Wildman–Crippen LogP) is 2.55. The summed E-state index contributed by atoms with van der Waals surface area (Å²) in [7, 11) is 0. The molecule has 0 bridgehead atoms. The second-order valence-corrected chi connectivity index (χ2v) is 4.54. The van der Waals surface area contributed by atoms with Gasteiger partial charge < -0.3 is 10.1 Å². The van der Waals surface area contributed by atoms with Crippen LogP contribution in [-0.4, -0.2) is 19.2 Å². The van der Waals surface area contributed by atoms with Crippen molar-refractivity contribution in [3.8, 4) is 5.75 Å². The van der Waals surface area contributed by atoms with E-state index >= 15 is 0 Å². The maximum Gasteiger partial charge on any atom is 0.122 e. The van der Waals surface area contributed by atoms with E-state index < -0.39 is 0 Å². The second kappa shape index (κ2) is 5.35. The zero-order chi connectivity index (χ0) is 11.4. The first kappa shape index (κ1) is 11.5. The van der Waals surface area contributed by atoms with E-state index in [4.69, 9.17) is 4.74 Å². The molecule has 2 heteroatoms. The van der Waals surface area contributed by atoms with Gasteiger partial charge in [0.2, 0.25) is 0 Å². The molecule has 1 atom stereocenters. The lowest BCUT2D eigenvalue weighted by atomic mass is 10.0. The molecule has 0 fully saturated rings. The molecule has 0 aromatic heterocycles.